The molecule has 0 aliphatic carbocycles. The maximum atomic E-state index is 12.1. The summed E-state index contributed by atoms with van der Waals surface area (Å²) < 4.78 is 0. The van der Waals surface area contributed by atoms with Crippen molar-refractivity contribution in [3.05, 3.63) is 40.7 Å². The third-order valence-corrected chi connectivity index (χ3v) is 4.90. The molecule has 1 amide bonds. The third-order valence-electron chi connectivity index (χ3n) is 2.96. The topological polar surface area (TPSA) is 68.0 Å². The summed E-state index contributed by atoms with van der Waals surface area (Å²) in [6.07, 6.45) is 1.69. The lowest BCUT2D eigenvalue weighted by molar-refractivity contribution is -0.119. The average molecular weight is 321 g/mol. The van der Waals surface area contributed by atoms with Crippen molar-refractivity contribution in [2.75, 3.05) is 11.5 Å². The Kier molecular flexibility index (Phi) is 5.64. The first-order valence-corrected chi connectivity index (χ1v) is 8.60. The van der Waals surface area contributed by atoms with Crippen molar-refractivity contribution in [3.63, 3.8) is 0 Å². The van der Waals surface area contributed by atoms with Crippen LogP contribution in [0.4, 0.5) is 5.82 Å². The molecule has 0 saturated heterocycles. The first-order chi connectivity index (χ1) is 10.1. The van der Waals surface area contributed by atoms with Gasteiger partial charge < -0.3 is 11.1 Å². The molecular formula is C15H19N3OS2. The quantitative estimate of drug-likeness (QED) is 0.801. The predicted octanol–water partition coefficient (Wildman–Crippen LogP) is 3.33. The van der Waals surface area contributed by atoms with Crippen LogP contribution in [0.5, 0.6) is 0 Å². The zero-order valence-corrected chi connectivity index (χ0v) is 13.7. The molecule has 21 heavy (non-hydrogen) atoms. The van der Waals surface area contributed by atoms with Crippen molar-refractivity contribution in [3.8, 4) is 0 Å². The molecular weight excluding hydrogens is 302 g/mol. The maximum Gasteiger partial charge on any atom is 0.230 e. The smallest absolute Gasteiger partial charge is 0.230 e. The first kappa shape index (κ1) is 15.9. The van der Waals surface area contributed by atoms with Crippen LogP contribution >= 0.6 is 23.1 Å². The molecule has 0 fully saturated rings. The molecule has 4 nitrogen and oxygen atoms in total. The Morgan fingerprint density at radius 1 is 1.43 bits per heavy atom. The van der Waals surface area contributed by atoms with Crippen LogP contribution in [0.1, 0.15) is 24.8 Å². The van der Waals surface area contributed by atoms with Crippen LogP contribution in [0, 0.1) is 5.92 Å². The molecule has 2 aromatic rings. The number of anilines is 1. The van der Waals surface area contributed by atoms with E-state index in [0.717, 1.165) is 4.90 Å². The predicted molar refractivity (Wildman–Crippen MR) is 89.4 cm³/mol. The number of amides is 1. The van der Waals surface area contributed by atoms with Crippen LogP contribution in [-0.4, -0.2) is 16.6 Å². The summed E-state index contributed by atoms with van der Waals surface area (Å²) >= 11 is 3.13. The number of thioether (sulfide) groups is 1. The number of nitrogens with zero attached hydrogens (tertiary/aromatic N) is 1. The van der Waals surface area contributed by atoms with Crippen LogP contribution in [0.3, 0.4) is 0 Å². The van der Waals surface area contributed by atoms with Gasteiger partial charge in [0.15, 0.2) is 0 Å². The van der Waals surface area contributed by atoms with Crippen LogP contribution in [0.2, 0.25) is 0 Å². The van der Waals surface area contributed by atoms with Crippen LogP contribution in [0.15, 0.2) is 40.7 Å². The van der Waals surface area contributed by atoms with E-state index in [1.807, 2.05) is 17.5 Å². The van der Waals surface area contributed by atoms with Gasteiger partial charge in [-0.25, -0.2) is 4.98 Å². The van der Waals surface area contributed by atoms with Gasteiger partial charge >= 0.3 is 0 Å². The molecule has 2 aromatic heterocycles. The normalized spacial score (nSPS) is 12.3. The molecule has 0 saturated carbocycles. The Balaban J connectivity index is 1.89. The summed E-state index contributed by atoms with van der Waals surface area (Å²) in [7, 11) is 0. The standard InChI is InChI=1S/C15H19N3OS2/c1-10(2)15(12-4-3-7-20-12)18-14(19)9-21-11-5-6-13(16)17-8-11/h3-8,10,15H,9H2,1-2H3,(H2,16,17)(H,18,19). The lowest BCUT2D eigenvalue weighted by atomic mass is 10.0. The van der Waals surface area contributed by atoms with E-state index in [-0.39, 0.29) is 11.9 Å². The second kappa shape index (κ2) is 7.47. The van der Waals surface area contributed by atoms with E-state index >= 15 is 0 Å². The minimum Gasteiger partial charge on any atom is -0.384 e. The Morgan fingerprint density at radius 3 is 2.81 bits per heavy atom. The number of nitrogens with two attached hydrogens (primary N) is 1. The zero-order valence-electron chi connectivity index (χ0n) is 12.1. The number of carbonyl (C=O) groups excluding carboxylic acids is 1. The number of rotatable bonds is 6. The van der Waals surface area contributed by atoms with Crippen LogP contribution < -0.4 is 11.1 Å². The van der Waals surface area contributed by atoms with Crippen molar-refractivity contribution in [2.45, 2.75) is 24.8 Å². The fraction of sp³-hybridized carbons (Fsp3) is 0.333. The van der Waals surface area contributed by atoms with E-state index in [0.29, 0.717) is 17.5 Å². The largest absolute Gasteiger partial charge is 0.384 e. The highest BCUT2D eigenvalue weighted by Crippen LogP contribution is 2.26. The molecule has 2 rings (SSSR count). The Morgan fingerprint density at radius 2 is 2.24 bits per heavy atom. The molecule has 0 aromatic carbocycles. The second-order valence-electron chi connectivity index (χ2n) is 5.01. The van der Waals surface area contributed by atoms with Crippen LogP contribution in [0.25, 0.3) is 0 Å². The van der Waals surface area contributed by atoms with E-state index in [1.165, 1.54) is 16.6 Å². The lowest BCUT2D eigenvalue weighted by Crippen LogP contribution is -2.32. The van der Waals surface area contributed by atoms with Gasteiger partial charge in [-0.05, 0) is 29.5 Å². The van der Waals surface area contributed by atoms with E-state index < -0.39 is 0 Å². The van der Waals surface area contributed by atoms with Crippen molar-refractivity contribution < 1.29 is 4.79 Å². The number of hydrogen-bond acceptors (Lipinski definition) is 5. The fourth-order valence-electron chi connectivity index (χ4n) is 1.88. The van der Waals surface area contributed by atoms with Gasteiger partial charge in [0.2, 0.25) is 5.91 Å². The molecule has 3 N–H and O–H groups in total. The number of nitrogen functional groups attached to an aromatic ring is 1. The van der Waals surface area contributed by atoms with Gasteiger partial charge in [-0.15, -0.1) is 23.1 Å². The second-order valence-corrected chi connectivity index (χ2v) is 7.04. The van der Waals surface area contributed by atoms with Gasteiger partial charge in [-0.2, -0.15) is 0 Å². The van der Waals surface area contributed by atoms with Gasteiger partial charge in [0, 0.05) is 16.0 Å². The number of thiophene rings is 1. The minimum atomic E-state index is 0.0314. The fourth-order valence-corrected chi connectivity index (χ4v) is 3.50. The summed E-state index contributed by atoms with van der Waals surface area (Å²) in [6.45, 7) is 4.23. The van der Waals surface area contributed by atoms with Gasteiger partial charge in [0.25, 0.3) is 0 Å². The van der Waals surface area contributed by atoms with Crippen molar-refractivity contribution >= 4 is 34.8 Å². The average Bonchev–Trinajstić information content (AvgIpc) is 2.97. The van der Waals surface area contributed by atoms with E-state index in [1.54, 1.807) is 23.6 Å². The monoisotopic (exact) mass is 321 g/mol. The summed E-state index contributed by atoms with van der Waals surface area (Å²) in [5, 5.41) is 5.14. The molecule has 0 spiro atoms. The van der Waals surface area contributed by atoms with Gasteiger partial charge in [-0.1, -0.05) is 19.9 Å². The third kappa shape index (κ3) is 4.75. The Labute approximate surface area is 133 Å². The highest BCUT2D eigenvalue weighted by molar-refractivity contribution is 8.00. The summed E-state index contributed by atoms with van der Waals surface area (Å²) in [6, 6.07) is 7.76. The molecule has 6 heteroatoms. The van der Waals surface area contributed by atoms with Crippen molar-refractivity contribution in [2.24, 2.45) is 5.92 Å². The highest BCUT2D eigenvalue weighted by atomic mass is 32.2. The Bertz CT molecular complexity index is 567. The molecule has 112 valence electrons. The van der Waals surface area contributed by atoms with Gasteiger partial charge in [-0.3, -0.25) is 4.79 Å². The highest BCUT2D eigenvalue weighted by Gasteiger charge is 2.19. The SMILES string of the molecule is CC(C)C(NC(=O)CSc1ccc(N)nc1)c1cccs1. The minimum absolute atomic E-state index is 0.0314. The number of pyridine rings is 1. The molecule has 0 aliphatic heterocycles. The van der Waals surface area contributed by atoms with Gasteiger partial charge in [0.05, 0.1) is 11.8 Å². The summed E-state index contributed by atoms with van der Waals surface area (Å²) in [4.78, 5) is 18.3. The molecule has 0 aliphatic rings. The lowest BCUT2D eigenvalue weighted by Gasteiger charge is -2.21. The molecule has 0 bridgehead atoms. The summed E-state index contributed by atoms with van der Waals surface area (Å²) in [5.74, 6) is 1.25. The Hall–Kier alpha value is -1.53. The molecule has 1 unspecified atom stereocenters. The zero-order chi connectivity index (χ0) is 15.2. The molecule has 1 atom stereocenters. The van der Waals surface area contributed by atoms with E-state index in [2.05, 4.69) is 30.2 Å². The van der Waals surface area contributed by atoms with Crippen LogP contribution in [-0.2, 0) is 4.79 Å². The van der Waals surface area contributed by atoms with E-state index in [4.69, 9.17) is 5.73 Å². The molecule has 2 heterocycles. The summed E-state index contributed by atoms with van der Waals surface area (Å²) in [5.41, 5.74) is 5.54. The van der Waals surface area contributed by atoms with E-state index in [9.17, 15) is 4.79 Å². The van der Waals surface area contributed by atoms with Gasteiger partial charge in [0.1, 0.15) is 5.82 Å². The number of aromatic nitrogens is 1. The number of hydrogen-bond donors (Lipinski definition) is 2. The number of nitrogens with one attached hydrogen (secondary N) is 1. The first-order valence-electron chi connectivity index (χ1n) is 6.73. The number of carbonyl (C=O) groups is 1. The van der Waals surface area contributed by atoms with Crippen molar-refractivity contribution in [1.29, 1.82) is 0 Å². The maximum absolute atomic E-state index is 12.1. The van der Waals surface area contributed by atoms with Crippen molar-refractivity contribution in [1.82, 2.24) is 10.3 Å². The molecule has 0 radical (unpaired) electrons.